The molecule has 2 aliphatic rings. The minimum Gasteiger partial charge on any atom is -0.462 e. The predicted molar refractivity (Wildman–Crippen MR) is 79.8 cm³/mol. The van der Waals surface area contributed by atoms with Crippen molar-refractivity contribution in [2.24, 2.45) is 5.92 Å². The molecule has 0 aromatic heterocycles. The monoisotopic (exact) mass is 273 g/mol. The van der Waals surface area contributed by atoms with E-state index >= 15 is 0 Å². The molecule has 1 saturated carbocycles. The van der Waals surface area contributed by atoms with Crippen molar-refractivity contribution in [2.45, 2.75) is 51.0 Å². The lowest BCUT2D eigenvalue weighted by molar-refractivity contribution is -0.153. The second kappa shape index (κ2) is 5.86. The Morgan fingerprint density at radius 2 is 1.90 bits per heavy atom. The third-order valence-electron chi connectivity index (χ3n) is 4.61. The highest BCUT2D eigenvalue weighted by Gasteiger charge is 2.30. The number of hydrogen-bond acceptors (Lipinski definition) is 3. The third kappa shape index (κ3) is 2.82. The van der Waals surface area contributed by atoms with E-state index in [4.69, 9.17) is 4.74 Å². The highest BCUT2D eigenvalue weighted by atomic mass is 16.5. The van der Waals surface area contributed by atoms with E-state index in [1.54, 1.807) is 0 Å². The Morgan fingerprint density at radius 3 is 2.70 bits per heavy atom. The molecule has 1 atom stereocenters. The van der Waals surface area contributed by atoms with Crippen molar-refractivity contribution in [3.05, 3.63) is 29.8 Å². The summed E-state index contributed by atoms with van der Waals surface area (Å²) in [5.74, 6) is 0.662. The Hall–Kier alpha value is -1.51. The van der Waals surface area contributed by atoms with Gasteiger partial charge in [0.1, 0.15) is 6.10 Å². The highest BCUT2D eigenvalue weighted by molar-refractivity contribution is 5.81. The molecule has 1 aliphatic heterocycles. The SMILES string of the molecule is CC1CCC(OC(=O)C2CCNc3ccccc32)CC1. The molecule has 1 aliphatic carbocycles. The normalized spacial score (nSPS) is 29.1. The topological polar surface area (TPSA) is 38.3 Å². The molecule has 0 saturated heterocycles. The summed E-state index contributed by atoms with van der Waals surface area (Å²) >= 11 is 0. The molecule has 1 unspecified atom stereocenters. The van der Waals surface area contributed by atoms with Gasteiger partial charge in [0.15, 0.2) is 0 Å². The summed E-state index contributed by atoms with van der Waals surface area (Å²) in [5, 5.41) is 3.35. The first kappa shape index (κ1) is 13.5. The van der Waals surface area contributed by atoms with Gasteiger partial charge < -0.3 is 10.1 Å². The molecular formula is C17H23NO2. The molecule has 3 nitrogen and oxygen atoms in total. The minimum atomic E-state index is -0.0909. The fourth-order valence-corrected chi connectivity index (χ4v) is 3.31. The van der Waals surface area contributed by atoms with E-state index in [1.807, 2.05) is 24.3 Å². The van der Waals surface area contributed by atoms with Crippen molar-refractivity contribution >= 4 is 11.7 Å². The number of benzene rings is 1. The Balaban J connectivity index is 1.66. The third-order valence-corrected chi connectivity index (χ3v) is 4.61. The maximum Gasteiger partial charge on any atom is 0.313 e. The minimum absolute atomic E-state index is 0.0292. The molecule has 0 amide bonds. The standard InChI is InChI=1S/C17H23NO2/c1-12-6-8-13(9-7-12)20-17(19)15-10-11-18-16-5-3-2-4-14(15)16/h2-5,12-13,15,18H,6-11H2,1H3. The van der Waals surface area contributed by atoms with Gasteiger partial charge in [-0.2, -0.15) is 0 Å². The van der Waals surface area contributed by atoms with Crippen molar-refractivity contribution in [1.29, 1.82) is 0 Å². The average molecular weight is 273 g/mol. The smallest absolute Gasteiger partial charge is 0.313 e. The van der Waals surface area contributed by atoms with Crippen LogP contribution in [0.2, 0.25) is 0 Å². The Labute approximate surface area is 120 Å². The summed E-state index contributed by atoms with van der Waals surface area (Å²) in [5.41, 5.74) is 2.17. The number of fused-ring (bicyclic) bond motifs is 1. The van der Waals surface area contributed by atoms with E-state index in [9.17, 15) is 4.79 Å². The number of carbonyl (C=O) groups is 1. The zero-order valence-electron chi connectivity index (χ0n) is 12.1. The van der Waals surface area contributed by atoms with E-state index in [1.165, 1.54) is 12.8 Å². The summed E-state index contributed by atoms with van der Waals surface area (Å²) in [6.45, 7) is 3.12. The molecule has 1 N–H and O–H groups in total. The molecule has 3 rings (SSSR count). The summed E-state index contributed by atoms with van der Waals surface area (Å²) in [6, 6.07) is 8.07. The van der Waals surface area contributed by atoms with Gasteiger partial charge >= 0.3 is 5.97 Å². The first-order chi connectivity index (χ1) is 9.74. The summed E-state index contributed by atoms with van der Waals surface area (Å²) in [7, 11) is 0. The first-order valence-electron chi connectivity index (χ1n) is 7.77. The molecular weight excluding hydrogens is 250 g/mol. The van der Waals surface area contributed by atoms with Crippen molar-refractivity contribution < 1.29 is 9.53 Å². The lowest BCUT2D eigenvalue weighted by Gasteiger charge is -2.30. The number of esters is 1. The van der Waals surface area contributed by atoms with Gasteiger partial charge in [0.05, 0.1) is 5.92 Å². The zero-order chi connectivity index (χ0) is 13.9. The molecule has 1 aromatic rings. The van der Waals surface area contributed by atoms with Crippen LogP contribution in [0.5, 0.6) is 0 Å². The van der Waals surface area contributed by atoms with Gasteiger partial charge in [-0.15, -0.1) is 0 Å². The van der Waals surface area contributed by atoms with Gasteiger partial charge in [-0.1, -0.05) is 25.1 Å². The molecule has 108 valence electrons. The molecule has 0 radical (unpaired) electrons. The molecule has 1 aromatic carbocycles. The van der Waals surface area contributed by atoms with Gasteiger partial charge in [-0.05, 0) is 49.7 Å². The van der Waals surface area contributed by atoms with Crippen molar-refractivity contribution in [2.75, 3.05) is 11.9 Å². The number of ether oxygens (including phenoxy) is 1. The van der Waals surface area contributed by atoms with E-state index in [0.717, 1.165) is 43.0 Å². The van der Waals surface area contributed by atoms with Crippen molar-refractivity contribution in [3.8, 4) is 0 Å². The van der Waals surface area contributed by atoms with E-state index in [2.05, 4.69) is 12.2 Å². The zero-order valence-corrected chi connectivity index (χ0v) is 12.1. The second-order valence-electron chi connectivity index (χ2n) is 6.17. The predicted octanol–water partition coefficient (Wildman–Crippen LogP) is 3.71. The molecule has 0 spiro atoms. The van der Waals surface area contributed by atoms with Crippen LogP contribution in [-0.4, -0.2) is 18.6 Å². The Morgan fingerprint density at radius 1 is 1.15 bits per heavy atom. The fourth-order valence-electron chi connectivity index (χ4n) is 3.31. The van der Waals surface area contributed by atoms with Crippen LogP contribution >= 0.6 is 0 Å². The Bertz CT molecular complexity index is 478. The summed E-state index contributed by atoms with van der Waals surface area (Å²) in [6.07, 6.45) is 5.39. The Kier molecular flexibility index (Phi) is 3.95. The first-order valence-corrected chi connectivity index (χ1v) is 7.77. The largest absolute Gasteiger partial charge is 0.462 e. The number of carbonyl (C=O) groups excluding carboxylic acids is 1. The molecule has 1 fully saturated rings. The van der Waals surface area contributed by atoms with Crippen LogP contribution in [0.1, 0.15) is 50.5 Å². The van der Waals surface area contributed by atoms with E-state index in [0.29, 0.717) is 0 Å². The molecule has 0 bridgehead atoms. The van der Waals surface area contributed by atoms with Crippen LogP contribution in [0.25, 0.3) is 0 Å². The van der Waals surface area contributed by atoms with Gasteiger partial charge in [-0.25, -0.2) is 0 Å². The molecule has 20 heavy (non-hydrogen) atoms. The number of para-hydroxylation sites is 1. The van der Waals surface area contributed by atoms with Crippen LogP contribution in [0.15, 0.2) is 24.3 Å². The average Bonchev–Trinajstić information content (AvgIpc) is 2.49. The van der Waals surface area contributed by atoms with Gasteiger partial charge in [-0.3, -0.25) is 4.79 Å². The molecule has 3 heteroatoms. The van der Waals surface area contributed by atoms with Crippen LogP contribution in [0, 0.1) is 5.92 Å². The van der Waals surface area contributed by atoms with Crippen molar-refractivity contribution in [3.63, 3.8) is 0 Å². The lowest BCUT2D eigenvalue weighted by atomic mass is 9.88. The van der Waals surface area contributed by atoms with Crippen LogP contribution in [0.4, 0.5) is 5.69 Å². The van der Waals surface area contributed by atoms with Crippen LogP contribution in [0.3, 0.4) is 0 Å². The second-order valence-corrected chi connectivity index (χ2v) is 6.17. The number of anilines is 1. The quantitative estimate of drug-likeness (QED) is 0.835. The van der Waals surface area contributed by atoms with Crippen LogP contribution < -0.4 is 5.32 Å². The number of rotatable bonds is 2. The van der Waals surface area contributed by atoms with Gasteiger partial charge in [0.2, 0.25) is 0 Å². The maximum atomic E-state index is 12.5. The van der Waals surface area contributed by atoms with E-state index in [-0.39, 0.29) is 18.0 Å². The van der Waals surface area contributed by atoms with Gasteiger partial charge in [0, 0.05) is 12.2 Å². The van der Waals surface area contributed by atoms with Crippen molar-refractivity contribution in [1.82, 2.24) is 0 Å². The summed E-state index contributed by atoms with van der Waals surface area (Å²) < 4.78 is 5.77. The number of hydrogen-bond donors (Lipinski definition) is 1. The van der Waals surface area contributed by atoms with E-state index < -0.39 is 0 Å². The van der Waals surface area contributed by atoms with Crippen LogP contribution in [-0.2, 0) is 9.53 Å². The highest BCUT2D eigenvalue weighted by Crippen LogP contribution is 2.34. The fraction of sp³-hybridized carbons (Fsp3) is 0.588. The van der Waals surface area contributed by atoms with Gasteiger partial charge in [0.25, 0.3) is 0 Å². The summed E-state index contributed by atoms with van der Waals surface area (Å²) in [4.78, 5) is 12.5. The molecule has 1 heterocycles. The lowest BCUT2D eigenvalue weighted by Crippen LogP contribution is -2.29. The number of nitrogens with one attached hydrogen (secondary N) is 1. The maximum absolute atomic E-state index is 12.5.